The normalized spacial score (nSPS) is 12.2. The minimum Gasteiger partial charge on any atom is -0.286 e. The maximum absolute atomic E-state index is 14.4. The molecule has 0 saturated heterocycles. The van der Waals surface area contributed by atoms with Gasteiger partial charge in [0.15, 0.2) is 0 Å². The van der Waals surface area contributed by atoms with Gasteiger partial charge in [-0.15, -0.1) is 0 Å². The van der Waals surface area contributed by atoms with Gasteiger partial charge < -0.3 is 0 Å². The zero-order valence-corrected chi connectivity index (χ0v) is 46.3. The molecule has 0 amide bonds. The van der Waals surface area contributed by atoms with E-state index < -0.39 is 79.2 Å². The molecular weight excluding hydrogens is 1070 g/mol. The predicted octanol–water partition coefficient (Wildman–Crippen LogP) is 11.6. The van der Waals surface area contributed by atoms with Gasteiger partial charge in [-0.05, 0) is 85.6 Å². The van der Waals surface area contributed by atoms with E-state index in [1.807, 2.05) is 0 Å². The second-order valence-electron chi connectivity index (χ2n) is 16.6. The molecule has 0 heterocycles. The largest absolute Gasteiger partial charge is 0.286 e. The summed E-state index contributed by atoms with van der Waals surface area (Å²) in [5, 5.41) is 0. The van der Waals surface area contributed by atoms with Gasteiger partial charge in [-0.25, -0.2) is 33.7 Å². The van der Waals surface area contributed by atoms with Crippen LogP contribution >= 0.6 is 11.8 Å². The molecular formula is C52H62O14S7. The van der Waals surface area contributed by atoms with E-state index in [9.17, 15) is 50.5 Å². The fourth-order valence-corrected chi connectivity index (χ4v) is 17.3. The molecule has 0 spiro atoms. The van der Waals surface area contributed by atoms with Crippen LogP contribution in [0.2, 0.25) is 0 Å². The Morgan fingerprint density at radius 2 is 0.575 bits per heavy atom. The first-order valence-corrected chi connectivity index (χ1v) is 33.5. The Morgan fingerprint density at radius 3 is 0.849 bits per heavy atom. The zero-order valence-electron chi connectivity index (χ0n) is 40.6. The molecule has 0 aliphatic heterocycles. The Morgan fingerprint density at radius 1 is 0.315 bits per heavy atom. The Labute approximate surface area is 436 Å². The highest BCUT2D eigenvalue weighted by Gasteiger charge is 2.36. The van der Waals surface area contributed by atoms with Crippen LogP contribution in [0.15, 0.2) is 207 Å². The highest BCUT2D eigenvalue weighted by atomic mass is 32.2. The maximum Gasteiger partial charge on any atom is 0.264 e. The van der Waals surface area contributed by atoms with Crippen LogP contribution in [0, 0.1) is 0 Å². The Kier molecular flexibility index (Phi) is 23.6. The average molecular weight is 1140 g/mol. The maximum atomic E-state index is 14.4. The van der Waals surface area contributed by atoms with Crippen LogP contribution in [0.4, 0.5) is 0 Å². The quantitative estimate of drug-likeness (QED) is 0.0423. The molecule has 0 radical (unpaired) electrons. The first kappa shape index (κ1) is 60.8. The molecule has 0 atom stereocenters. The first-order valence-electron chi connectivity index (χ1n) is 23.5. The van der Waals surface area contributed by atoms with Gasteiger partial charge in [0.2, 0.25) is 39.3 Å². The van der Waals surface area contributed by atoms with E-state index in [2.05, 4.69) is 13.8 Å². The summed E-state index contributed by atoms with van der Waals surface area (Å²) in [4.78, 5) is -3.12. The summed E-state index contributed by atoms with van der Waals surface area (Å²) in [5.74, 6) is -0.168. The van der Waals surface area contributed by atoms with Crippen molar-refractivity contribution in [1.29, 1.82) is 0 Å². The van der Waals surface area contributed by atoms with E-state index in [1.54, 1.807) is 24.3 Å². The SMILES string of the molecule is CCCCCCCCS(=O)(=O)O.CCCCCCCCS(=O)(=O)O.O=S(=O)(c1ccccc1)c1cccc(Sc2cccc(S(=O)(=O)c3ccccc3)c2S(=O)(=O)c2ccccc2)c1S(=O)(=O)c1ccccc1. The minimum absolute atomic E-state index is 0.0842. The minimum atomic E-state index is -4.56. The third kappa shape index (κ3) is 18.3. The van der Waals surface area contributed by atoms with Crippen molar-refractivity contribution in [2.45, 2.75) is 140 Å². The lowest BCUT2D eigenvalue weighted by Gasteiger charge is -2.19. The standard InChI is InChI=1S/C36H26O8S5.2C8H18O3S/c37-46(38,27-15-5-1-6-16-27)33-25-13-23-31(35(33)48(41,42)29-19-9-3-10-20-29)45-32-24-14-26-34(47(39,40)28-17-7-2-8-18-28)36(32)49(43,44)30-21-11-4-12-22-30;2*1-2-3-4-5-6-7-8-12(9,10)11/h1-26H;2*2-8H2,1H3,(H,9,10,11). The number of hydrogen-bond donors (Lipinski definition) is 2. The molecule has 73 heavy (non-hydrogen) atoms. The van der Waals surface area contributed by atoms with Gasteiger partial charge in [-0.2, -0.15) is 16.8 Å². The molecule has 21 heteroatoms. The van der Waals surface area contributed by atoms with E-state index >= 15 is 0 Å². The molecule has 0 aromatic heterocycles. The van der Waals surface area contributed by atoms with Crippen LogP contribution in [0.3, 0.4) is 0 Å². The zero-order chi connectivity index (χ0) is 53.8. The molecule has 0 aliphatic rings. The molecule has 0 saturated carbocycles. The summed E-state index contributed by atoms with van der Waals surface area (Å²) in [6, 6.07) is 37.0. The van der Waals surface area contributed by atoms with Crippen LogP contribution in [0.25, 0.3) is 0 Å². The van der Waals surface area contributed by atoms with Crippen molar-refractivity contribution < 1.29 is 59.6 Å². The van der Waals surface area contributed by atoms with Crippen LogP contribution < -0.4 is 0 Å². The van der Waals surface area contributed by atoms with Crippen LogP contribution in [0.1, 0.15) is 90.9 Å². The van der Waals surface area contributed by atoms with E-state index in [-0.39, 0.29) is 40.9 Å². The molecule has 0 fully saturated rings. The summed E-state index contributed by atoms with van der Waals surface area (Å²) < 4.78 is 172. The number of unbranched alkanes of at least 4 members (excludes halogenated alkanes) is 10. The number of sulfone groups is 4. The highest BCUT2D eigenvalue weighted by molar-refractivity contribution is 8.01. The number of hydrogen-bond acceptors (Lipinski definition) is 13. The summed E-state index contributed by atoms with van der Waals surface area (Å²) in [6.45, 7) is 4.27. The van der Waals surface area contributed by atoms with Crippen molar-refractivity contribution in [3.05, 3.63) is 158 Å². The van der Waals surface area contributed by atoms with Gasteiger partial charge in [0, 0.05) is 9.79 Å². The van der Waals surface area contributed by atoms with Crippen molar-refractivity contribution in [1.82, 2.24) is 0 Å². The monoisotopic (exact) mass is 1130 g/mol. The van der Waals surface area contributed by atoms with Gasteiger partial charge >= 0.3 is 0 Å². The van der Waals surface area contributed by atoms with Crippen molar-refractivity contribution in [3.63, 3.8) is 0 Å². The Balaban J connectivity index is 0.000000397. The number of rotatable bonds is 24. The second-order valence-corrected chi connectivity index (χ2v) is 28.5. The molecule has 0 unspecified atom stereocenters. The molecule has 6 aromatic rings. The molecule has 6 aromatic carbocycles. The van der Waals surface area contributed by atoms with Gasteiger partial charge in [0.25, 0.3) is 20.2 Å². The lowest BCUT2D eigenvalue weighted by Crippen LogP contribution is -2.13. The average Bonchev–Trinajstić information content (AvgIpc) is 3.36. The van der Waals surface area contributed by atoms with Crippen LogP contribution in [-0.2, 0) is 59.6 Å². The fraction of sp³-hybridized carbons (Fsp3) is 0.308. The van der Waals surface area contributed by atoms with Crippen molar-refractivity contribution in [2.75, 3.05) is 11.5 Å². The summed E-state index contributed by atoms with van der Waals surface area (Å²) in [7, 11) is -25.4. The van der Waals surface area contributed by atoms with Crippen LogP contribution in [-0.4, -0.2) is 71.1 Å². The van der Waals surface area contributed by atoms with E-state index in [0.717, 1.165) is 25.7 Å². The van der Waals surface area contributed by atoms with Crippen molar-refractivity contribution in [2.24, 2.45) is 0 Å². The molecule has 2 N–H and O–H groups in total. The molecule has 396 valence electrons. The number of benzene rings is 6. The Bertz CT molecular complexity index is 3150. The van der Waals surface area contributed by atoms with E-state index in [0.29, 0.717) is 24.6 Å². The fourth-order valence-electron chi connectivity index (χ4n) is 7.24. The smallest absolute Gasteiger partial charge is 0.264 e. The Hall–Kier alpha value is -4.71. The van der Waals surface area contributed by atoms with Gasteiger partial charge in [-0.3, -0.25) is 9.11 Å². The molecule has 0 aliphatic carbocycles. The summed E-state index contributed by atoms with van der Waals surface area (Å²) >= 11 is 0.648. The third-order valence-corrected chi connectivity index (χ3v) is 21.6. The molecule has 0 bridgehead atoms. The molecule has 6 rings (SSSR count). The van der Waals surface area contributed by atoms with Crippen LogP contribution in [0.5, 0.6) is 0 Å². The van der Waals surface area contributed by atoms with E-state index in [1.165, 1.54) is 172 Å². The van der Waals surface area contributed by atoms with E-state index in [4.69, 9.17) is 9.11 Å². The third-order valence-electron chi connectivity index (χ3n) is 10.9. The predicted molar refractivity (Wildman–Crippen MR) is 284 cm³/mol. The highest BCUT2D eigenvalue weighted by Crippen LogP contribution is 2.45. The lowest BCUT2D eigenvalue weighted by molar-refractivity contribution is 0.476. The van der Waals surface area contributed by atoms with Gasteiger partial charge in [0.1, 0.15) is 9.79 Å². The second kappa shape index (κ2) is 28.3. The van der Waals surface area contributed by atoms with Gasteiger partial charge in [-0.1, -0.05) is 175 Å². The summed E-state index contributed by atoms with van der Waals surface area (Å²) in [6.07, 6.45) is 12.3. The topological polar surface area (TPSA) is 245 Å². The lowest BCUT2D eigenvalue weighted by atomic mass is 10.1. The summed E-state index contributed by atoms with van der Waals surface area (Å²) in [5.41, 5.74) is 0. The molecule has 14 nitrogen and oxygen atoms in total. The van der Waals surface area contributed by atoms with Crippen molar-refractivity contribution in [3.8, 4) is 0 Å². The van der Waals surface area contributed by atoms with Crippen molar-refractivity contribution >= 4 is 71.3 Å². The first-order chi connectivity index (χ1) is 34.5. The van der Waals surface area contributed by atoms with Gasteiger partial charge in [0.05, 0.1) is 40.9 Å².